The standard InChI is InChI=1S/C17H26FN3O2/c1-12(2)14-6-7-17(16(18)9-14)23-11-15(19)10-21(20)8-4-5-13(3)22/h6-7,9-10,12H,4-5,8,11,19-20H2,1-3H3/b15-10-. The first-order valence-electron chi connectivity index (χ1n) is 7.68. The van der Waals surface area contributed by atoms with Crippen molar-refractivity contribution in [1.82, 2.24) is 5.01 Å². The summed E-state index contributed by atoms with van der Waals surface area (Å²) in [5, 5.41) is 1.40. The van der Waals surface area contributed by atoms with Crippen LogP contribution in [0.3, 0.4) is 0 Å². The number of nitrogens with two attached hydrogens (primary N) is 2. The average Bonchev–Trinajstić information content (AvgIpc) is 2.45. The fraction of sp³-hybridized carbons (Fsp3) is 0.471. The van der Waals surface area contributed by atoms with E-state index in [1.165, 1.54) is 24.2 Å². The van der Waals surface area contributed by atoms with Gasteiger partial charge in [0, 0.05) is 19.2 Å². The molecule has 0 atom stereocenters. The number of carbonyl (C=O) groups excluding carboxylic acids is 1. The molecule has 0 aliphatic rings. The van der Waals surface area contributed by atoms with Gasteiger partial charge in [-0.05, 0) is 37.0 Å². The van der Waals surface area contributed by atoms with Crippen LogP contribution < -0.4 is 16.3 Å². The topological polar surface area (TPSA) is 81.6 Å². The molecule has 0 unspecified atom stereocenters. The normalized spacial score (nSPS) is 11.7. The lowest BCUT2D eigenvalue weighted by Gasteiger charge is -2.15. The zero-order valence-corrected chi connectivity index (χ0v) is 14.0. The molecule has 5 nitrogen and oxygen atoms in total. The van der Waals surface area contributed by atoms with E-state index in [1.54, 1.807) is 6.07 Å². The van der Waals surface area contributed by atoms with Gasteiger partial charge < -0.3 is 20.3 Å². The second-order valence-corrected chi connectivity index (χ2v) is 5.88. The van der Waals surface area contributed by atoms with E-state index < -0.39 is 5.82 Å². The molecule has 1 aromatic rings. The fourth-order valence-corrected chi connectivity index (χ4v) is 1.98. The first-order chi connectivity index (χ1) is 10.8. The van der Waals surface area contributed by atoms with E-state index in [9.17, 15) is 9.18 Å². The first-order valence-corrected chi connectivity index (χ1v) is 7.68. The molecular weight excluding hydrogens is 297 g/mol. The summed E-state index contributed by atoms with van der Waals surface area (Å²) in [5.41, 5.74) is 7.10. The summed E-state index contributed by atoms with van der Waals surface area (Å²) < 4.78 is 19.3. The zero-order chi connectivity index (χ0) is 17.4. The number of hydrogen-bond acceptors (Lipinski definition) is 5. The van der Waals surface area contributed by atoms with Crippen molar-refractivity contribution in [3.8, 4) is 5.75 Å². The maximum absolute atomic E-state index is 13.9. The Hall–Kier alpha value is -2.08. The summed E-state index contributed by atoms with van der Waals surface area (Å²) in [4.78, 5) is 10.8. The van der Waals surface area contributed by atoms with Crippen molar-refractivity contribution in [2.24, 2.45) is 11.6 Å². The summed E-state index contributed by atoms with van der Waals surface area (Å²) in [7, 11) is 0. The SMILES string of the molecule is CC(=O)CCCN(N)/C=C(\N)COc1ccc(C(C)C)cc1F. The summed E-state index contributed by atoms with van der Waals surface area (Å²) in [6, 6.07) is 4.90. The van der Waals surface area contributed by atoms with Crippen LogP contribution in [0.15, 0.2) is 30.1 Å². The van der Waals surface area contributed by atoms with Crippen molar-refractivity contribution < 1.29 is 13.9 Å². The highest BCUT2D eigenvalue weighted by molar-refractivity contribution is 5.75. The van der Waals surface area contributed by atoms with Gasteiger partial charge in [0.1, 0.15) is 12.4 Å². The van der Waals surface area contributed by atoms with Gasteiger partial charge in [0.15, 0.2) is 11.6 Å². The number of rotatable bonds is 9. The number of halogens is 1. The third-order valence-electron chi connectivity index (χ3n) is 3.29. The van der Waals surface area contributed by atoms with E-state index in [0.717, 1.165) is 5.56 Å². The molecule has 0 aliphatic carbocycles. The minimum atomic E-state index is -0.407. The molecule has 128 valence electrons. The van der Waals surface area contributed by atoms with E-state index in [4.69, 9.17) is 16.3 Å². The van der Waals surface area contributed by atoms with E-state index in [0.29, 0.717) is 25.1 Å². The van der Waals surface area contributed by atoms with Gasteiger partial charge in [0.05, 0.1) is 5.70 Å². The van der Waals surface area contributed by atoms with Crippen molar-refractivity contribution in [1.29, 1.82) is 0 Å². The lowest BCUT2D eigenvalue weighted by Crippen LogP contribution is -2.28. The number of hydrazine groups is 1. The van der Waals surface area contributed by atoms with Crippen molar-refractivity contribution in [3.63, 3.8) is 0 Å². The van der Waals surface area contributed by atoms with Gasteiger partial charge in [-0.1, -0.05) is 19.9 Å². The number of Topliss-reactive ketones (excluding diaryl/α,β-unsaturated/α-hetero) is 1. The number of ketones is 1. The highest BCUT2D eigenvalue weighted by Gasteiger charge is 2.07. The Kier molecular flexibility index (Phi) is 7.54. The van der Waals surface area contributed by atoms with E-state index in [1.807, 2.05) is 19.9 Å². The molecular formula is C17H26FN3O2. The molecule has 0 saturated heterocycles. The smallest absolute Gasteiger partial charge is 0.165 e. The van der Waals surface area contributed by atoms with Gasteiger partial charge in [-0.3, -0.25) is 0 Å². The second kappa shape index (κ2) is 9.15. The molecule has 0 aromatic heterocycles. The van der Waals surface area contributed by atoms with Crippen LogP contribution in [0.25, 0.3) is 0 Å². The third-order valence-corrected chi connectivity index (χ3v) is 3.29. The molecule has 6 heteroatoms. The molecule has 23 heavy (non-hydrogen) atoms. The van der Waals surface area contributed by atoms with E-state index in [2.05, 4.69) is 0 Å². The molecule has 1 rings (SSSR count). The largest absolute Gasteiger partial charge is 0.484 e. The van der Waals surface area contributed by atoms with Crippen LogP contribution in [-0.4, -0.2) is 23.9 Å². The Morgan fingerprint density at radius 3 is 2.70 bits per heavy atom. The number of nitrogens with zero attached hydrogens (tertiary/aromatic N) is 1. The Morgan fingerprint density at radius 1 is 1.43 bits per heavy atom. The van der Waals surface area contributed by atoms with Crippen LogP contribution >= 0.6 is 0 Å². The summed E-state index contributed by atoms with van der Waals surface area (Å²) in [5.74, 6) is 5.88. The van der Waals surface area contributed by atoms with Crippen LogP contribution in [0.4, 0.5) is 4.39 Å². The van der Waals surface area contributed by atoms with E-state index in [-0.39, 0.29) is 24.1 Å². The van der Waals surface area contributed by atoms with Crippen molar-refractivity contribution in [2.75, 3.05) is 13.2 Å². The monoisotopic (exact) mass is 323 g/mol. The Morgan fingerprint density at radius 2 is 2.13 bits per heavy atom. The van der Waals surface area contributed by atoms with Crippen molar-refractivity contribution in [3.05, 3.63) is 41.5 Å². The van der Waals surface area contributed by atoms with E-state index >= 15 is 0 Å². The summed E-state index contributed by atoms with van der Waals surface area (Å²) in [6.07, 6.45) is 2.66. The molecule has 0 amide bonds. The molecule has 0 spiro atoms. The maximum atomic E-state index is 13.9. The molecule has 0 bridgehead atoms. The Labute approximate surface area is 137 Å². The van der Waals surface area contributed by atoms with Gasteiger partial charge in [0.25, 0.3) is 0 Å². The van der Waals surface area contributed by atoms with Gasteiger partial charge in [0.2, 0.25) is 0 Å². The van der Waals surface area contributed by atoms with Gasteiger partial charge in [-0.25, -0.2) is 10.2 Å². The minimum absolute atomic E-state index is 0.0400. The average molecular weight is 323 g/mol. The molecule has 0 heterocycles. The number of carbonyl (C=O) groups is 1. The van der Waals surface area contributed by atoms with Crippen LogP contribution in [0.2, 0.25) is 0 Å². The Balaban J connectivity index is 2.50. The van der Waals surface area contributed by atoms with Gasteiger partial charge >= 0.3 is 0 Å². The first kappa shape index (κ1) is 19.0. The van der Waals surface area contributed by atoms with Crippen molar-refractivity contribution in [2.45, 2.75) is 39.5 Å². The number of hydrogen-bond donors (Lipinski definition) is 2. The molecule has 4 N–H and O–H groups in total. The predicted octanol–water partition coefficient (Wildman–Crippen LogP) is 2.67. The minimum Gasteiger partial charge on any atom is -0.484 e. The molecule has 0 fully saturated rings. The van der Waals surface area contributed by atoms with Crippen molar-refractivity contribution >= 4 is 5.78 Å². The number of benzene rings is 1. The Bertz CT molecular complexity index is 559. The lowest BCUT2D eigenvalue weighted by atomic mass is 10.0. The van der Waals surface area contributed by atoms with Gasteiger partial charge in [-0.2, -0.15) is 0 Å². The highest BCUT2D eigenvalue weighted by atomic mass is 19.1. The van der Waals surface area contributed by atoms with Gasteiger partial charge in [-0.15, -0.1) is 0 Å². The van der Waals surface area contributed by atoms with Crippen LogP contribution in [-0.2, 0) is 4.79 Å². The highest BCUT2D eigenvalue weighted by Crippen LogP contribution is 2.23. The molecule has 0 aliphatic heterocycles. The zero-order valence-electron chi connectivity index (χ0n) is 14.0. The summed E-state index contributed by atoms with van der Waals surface area (Å²) in [6.45, 7) is 6.09. The number of ether oxygens (including phenoxy) is 1. The lowest BCUT2D eigenvalue weighted by molar-refractivity contribution is -0.117. The van der Waals surface area contributed by atoms with Crippen LogP contribution in [0.5, 0.6) is 5.75 Å². The molecule has 1 aromatic carbocycles. The fourth-order valence-electron chi connectivity index (χ4n) is 1.98. The molecule has 0 radical (unpaired) electrons. The molecule has 0 saturated carbocycles. The second-order valence-electron chi connectivity index (χ2n) is 5.88. The third kappa shape index (κ3) is 7.15. The predicted molar refractivity (Wildman–Crippen MR) is 89.1 cm³/mol. The van der Waals surface area contributed by atoms with Crippen LogP contribution in [0, 0.1) is 5.82 Å². The quantitative estimate of drug-likeness (QED) is 0.539. The summed E-state index contributed by atoms with van der Waals surface area (Å²) >= 11 is 0. The maximum Gasteiger partial charge on any atom is 0.165 e. The van der Waals surface area contributed by atoms with Crippen LogP contribution in [0.1, 0.15) is 45.1 Å².